The summed E-state index contributed by atoms with van der Waals surface area (Å²) in [4.78, 5) is 25.1. The normalized spacial score (nSPS) is 18.6. The van der Waals surface area contributed by atoms with Crippen LogP contribution in [0.1, 0.15) is 303 Å². The van der Waals surface area contributed by atoms with Crippen molar-refractivity contribution in [1.82, 2.24) is 5.32 Å². The third-order valence-corrected chi connectivity index (χ3v) is 15.7. The first kappa shape index (κ1) is 77.1. The minimum atomic E-state index is -1.58. The van der Waals surface area contributed by atoms with Crippen LogP contribution in [-0.2, 0) is 23.8 Å². The summed E-state index contributed by atoms with van der Waals surface area (Å²) < 4.78 is 16.7. The molecule has 0 spiro atoms. The summed E-state index contributed by atoms with van der Waals surface area (Å²) >= 11 is 0. The summed E-state index contributed by atoms with van der Waals surface area (Å²) in [7, 11) is 0. The fourth-order valence-electron chi connectivity index (χ4n) is 10.3. The van der Waals surface area contributed by atoms with Gasteiger partial charge in [0.25, 0.3) is 0 Å². The van der Waals surface area contributed by atoms with Gasteiger partial charge in [0.1, 0.15) is 24.4 Å². The highest BCUT2D eigenvalue weighted by Gasteiger charge is 2.44. The summed E-state index contributed by atoms with van der Waals surface area (Å²) in [6, 6.07) is -0.837. The van der Waals surface area contributed by atoms with Crippen molar-refractivity contribution in [3.05, 3.63) is 72.9 Å². The highest BCUT2D eigenvalue weighted by molar-refractivity contribution is 5.76. The Hall–Kier alpha value is -2.90. The average molecular weight is 1150 g/mol. The minimum absolute atomic E-state index is 0.00790. The molecule has 0 aromatic heterocycles. The van der Waals surface area contributed by atoms with E-state index in [0.29, 0.717) is 19.4 Å². The lowest BCUT2D eigenvalue weighted by Gasteiger charge is -2.40. The number of nitrogens with one attached hydrogen (secondary N) is 1. The van der Waals surface area contributed by atoms with E-state index in [9.17, 15) is 35.1 Å². The summed E-state index contributed by atoms with van der Waals surface area (Å²) in [5.41, 5.74) is 0. The lowest BCUT2D eigenvalue weighted by atomic mass is 9.99. The smallest absolute Gasteiger partial charge is 0.305 e. The molecule has 0 aliphatic carbocycles. The third kappa shape index (κ3) is 48.3. The van der Waals surface area contributed by atoms with Gasteiger partial charge in [-0.3, -0.25) is 9.59 Å². The number of aliphatic hydroxyl groups excluding tert-OH is 5. The number of carbonyl (C=O) groups excluding carboxylic acids is 2. The molecule has 1 aliphatic heterocycles. The van der Waals surface area contributed by atoms with E-state index in [1.54, 1.807) is 6.08 Å². The molecule has 1 rings (SSSR count). The van der Waals surface area contributed by atoms with Crippen molar-refractivity contribution in [3.8, 4) is 0 Å². The van der Waals surface area contributed by atoms with Crippen LogP contribution in [0.2, 0.25) is 0 Å². The molecule has 0 aromatic rings. The van der Waals surface area contributed by atoms with Crippen molar-refractivity contribution >= 4 is 11.9 Å². The SMILES string of the molecule is CCCCC/C=C\CCCCCCCC(=O)OCCCCCCCCCCC/C=C\C/C=C\CCCCCCCCCCCCCCCC(=O)NC(COC1OC(CO)C(O)C(O)C1O)C(O)/C=C/CC/C=C/CC/C=C/CCCCC. The van der Waals surface area contributed by atoms with Crippen molar-refractivity contribution in [3.63, 3.8) is 0 Å². The van der Waals surface area contributed by atoms with Crippen molar-refractivity contribution in [2.45, 2.75) is 346 Å². The van der Waals surface area contributed by atoms with Crippen LogP contribution >= 0.6 is 0 Å². The van der Waals surface area contributed by atoms with Crippen LogP contribution in [0.5, 0.6) is 0 Å². The molecule has 1 heterocycles. The quantitative estimate of drug-likeness (QED) is 0.0195. The molecule has 1 amide bonds. The van der Waals surface area contributed by atoms with Gasteiger partial charge in [0, 0.05) is 12.8 Å². The number of carbonyl (C=O) groups is 2. The maximum absolute atomic E-state index is 13.1. The van der Waals surface area contributed by atoms with Crippen LogP contribution in [-0.4, -0.2) is 100 Å². The van der Waals surface area contributed by atoms with Gasteiger partial charge in [-0.25, -0.2) is 0 Å². The molecule has 0 bridgehead atoms. The molecule has 7 unspecified atom stereocenters. The second-order valence-electron chi connectivity index (χ2n) is 23.5. The second kappa shape index (κ2) is 59.8. The van der Waals surface area contributed by atoms with Crippen LogP contribution < -0.4 is 5.32 Å². The Kier molecular flexibility index (Phi) is 56.2. The van der Waals surface area contributed by atoms with Crippen LogP contribution in [0, 0.1) is 0 Å². The van der Waals surface area contributed by atoms with E-state index in [0.717, 1.165) is 77.0 Å². The molecule has 1 saturated heterocycles. The first-order valence-electron chi connectivity index (χ1n) is 34.2. The van der Waals surface area contributed by atoms with E-state index in [4.69, 9.17) is 14.2 Å². The number of unbranched alkanes of at least 4 members (excludes halogenated alkanes) is 35. The van der Waals surface area contributed by atoms with Gasteiger partial charge in [0.05, 0.1) is 32.0 Å². The molecule has 476 valence electrons. The molecule has 11 heteroatoms. The fraction of sp³-hybridized carbons (Fsp3) is 0.803. The van der Waals surface area contributed by atoms with E-state index in [-0.39, 0.29) is 18.5 Å². The topological polar surface area (TPSA) is 175 Å². The van der Waals surface area contributed by atoms with Gasteiger partial charge in [-0.05, 0) is 116 Å². The van der Waals surface area contributed by atoms with Crippen LogP contribution in [0.15, 0.2) is 72.9 Å². The number of aliphatic hydroxyl groups is 5. The molecule has 11 nitrogen and oxygen atoms in total. The third-order valence-electron chi connectivity index (χ3n) is 15.7. The molecular weight excluding hydrogens is 1030 g/mol. The zero-order valence-corrected chi connectivity index (χ0v) is 52.7. The van der Waals surface area contributed by atoms with E-state index in [1.165, 1.54) is 199 Å². The Morgan fingerprint density at radius 3 is 1.28 bits per heavy atom. The molecule has 0 saturated carbocycles. The van der Waals surface area contributed by atoms with Crippen molar-refractivity contribution in [2.24, 2.45) is 0 Å². The summed E-state index contributed by atoms with van der Waals surface area (Å²) in [5, 5.41) is 54.4. The first-order chi connectivity index (χ1) is 40.2. The number of amides is 1. The molecule has 0 radical (unpaired) electrons. The Morgan fingerprint density at radius 1 is 0.451 bits per heavy atom. The largest absolute Gasteiger partial charge is 0.466 e. The maximum atomic E-state index is 13.1. The van der Waals surface area contributed by atoms with Gasteiger partial charge < -0.3 is 45.1 Å². The van der Waals surface area contributed by atoms with E-state index >= 15 is 0 Å². The van der Waals surface area contributed by atoms with E-state index < -0.39 is 49.5 Å². The molecular formula is C71H127NO10. The predicted molar refractivity (Wildman–Crippen MR) is 343 cm³/mol. The summed E-state index contributed by atoms with van der Waals surface area (Å²) in [5.74, 6) is -0.206. The zero-order valence-electron chi connectivity index (χ0n) is 52.7. The van der Waals surface area contributed by atoms with Gasteiger partial charge >= 0.3 is 5.97 Å². The molecule has 0 aromatic carbocycles. The zero-order chi connectivity index (χ0) is 59.5. The lowest BCUT2D eigenvalue weighted by molar-refractivity contribution is -0.302. The molecule has 6 N–H and O–H groups in total. The molecule has 1 fully saturated rings. The fourth-order valence-corrected chi connectivity index (χ4v) is 10.3. The highest BCUT2D eigenvalue weighted by Crippen LogP contribution is 2.23. The average Bonchev–Trinajstić information content (AvgIpc) is 3.61. The highest BCUT2D eigenvalue weighted by atomic mass is 16.7. The monoisotopic (exact) mass is 1150 g/mol. The Balaban J connectivity index is 2.01. The molecule has 1 aliphatic rings. The summed E-state index contributed by atoms with van der Waals surface area (Å²) in [6.07, 6.45) is 70.2. The van der Waals surface area contributed by atoms with Crippen LogP contribution in [0.3, 0.4) is 0 Å². The van der Waals surface area contributed by atoms with Gasteiger partial charge in [0.15, 0.2) is 6.29 Å². The second-order valence-corrected chi connectivity index (χ2v) is 23.5. The number of hydrogen-bond acceptors (Lipinski definition) is 10. The van der Waals surface area contributed by atoms with Crippen molar-refractivity contribution in [2.75, 3.05) is 19.8 Å². The standard InChI is InChI=1S/C71H127NO10/c1-3-5-7-9-11-13-15-34-37-41-45-49-53-57-64(74)63(62-81-71-70(79)69(78)68(77)65(61-73)82-71)72-66(75)58-54-50-46-42-38-35-32-30-28-26-24-22-20-18-17-19-21-23-25-27-29-31-33-36-40-44-48-52-56-60-80-67(76)59-55-51-47-43-39-16-14-12-10-8-6-4-2/h11-14,17,19,23,25,37,41,53,57,63-65,68-71,73-74,77-79H,3-10,15-16,18,20-22,24,26-36,38-40,42-52,54-56,58-62H2,1-2H3,(H,72,75)/b13-11+,14-12-,19-17-,25-23-,41-37+,57-53+. The van der Waals surface area contributed by atoms with E-state index in [1.807, 2.05) is 6.08 Å². The number of esters is 1. The number of allylic oxidation sites excluding steroid dienone is 11. The first-order valence-corrected chi connectivity index (χ1v) is 34.2. The lowest BCUT2D eigenvalue weighted by Crippen LogP contribution is -2.60. The molecule has 7 atom stereocenters. The van der Waals surface area contributed by atoms with Gasteiger partial charge in [-0.2, -0.15) is 0 Å². The van der Waals surface area contributed by atoms with Crippen LogP contribution in [0.4, 0.5) is 0 Å². The summed E-state index contributed by atoms with van der Waals surface area (Å²) in [6.45, 7) is 4.27. The van der Waals surface area contributed by atoms with Gasteiger partial charge in [-0.1, -0.05) is 247 Å². The number of rotatable bonds is 59. The predicted octanol–water partition coefficient (Wildman–Crippen LogP) is 17.1. The maximum Gasteiger partial charge on any atom is 0.305 e. The van der Waals surface area contributed by atoms with Crippen LogP contribution in [0.25, 0.3) is 0 Å². The Labute approximate surface area is 502 Å². The van der Waals surface area contributed by atoms with Crippen molar-refractivity contribution in [1.29, 1.82) is 0 Å². The minimum Gasteiger partial charge on any atom is -0.466 e. The van der Waals surface area contributed by atoms with Gasteiger partial charge in [-0.15, -0.1) is 0 Å². The molecule has 82 heavy (non-hydrogen) atoms. The Morgan fingerprint density at radius 2 is 0.829 bits per heavy atom. The number of hydrogen-bond donors (Lipinski definition) is 6. The number of ether oxygens (including phenoxy) is 3. The van der Waals surface area contributed by atoms with E-state index in [2.05, 4.69) is 79.9 Å². The van der Waals surface area contributed by atoms with Gasteiger partial charge in [0.2, 0.25) is 5.91 Å². The van der Waals surface area contributed by atoms with Crippen molar-refractivity contribution < 1.29 is 49.3 Å². The Bertz CT molecular complexity index is 1590.